The molecule has 4 rings (SSSR count). The number of nitrogens with one attached hydrogen (secondary N) is 2. The Balaban J connectivity index is 1.38. The van der Waals surface area contributed by atoms with Crippen LogP contribution in [0.2, 0.25) is 0 Å². The van der Waals surface area contributed by atoms with E-state index in [1.807, 2.05) is 36.4 Å². The third kappa shape index (κ3) is 4.66. The van der Waals surface area contributed by atoms with Crippen molar-refractivity contribution in [3.63, 3.8) is 0 Å². The highest BCUT2D eigenvalue weighted by Gasteiger charge is 2.29. The molecule has 0 radical (unpaired) electrons. The molecule has 3 aromatic rings. The van der Waals surface area contributed by atoms with E-state index in [-0.39, 0.29) is 36.4 Å². The van der Waals surface area contributed by atoms with Crippen molar-refractivity contribution in [1.29, 1.82) is 0 Å². The molecular weight excluding hydrogens is 436 g/mol. The highest BCUT2D eigenvalue weighted by atomic mass is 16.5. The van der Waals surface area contributed by atoms with Crippen molar-refractivity contribution in [3.05, 3.63) is 77.7 Å². The Kier molecular flexibility index (Phi) is 6.67. The topological polar surface area (TPSA) is 118 Å². The minimum Gasteiger partial charge on any atom is -0.481 e. The lowest BCUT2D eigenvalue weighted by molar-refractivity contribution is -0.142. The zero-order valence-corrected chi connectivity index (χ0v) is 18.9. The number of benzene rings is 2. The quantitative estimate of drug-likeness (QED) is 0.446. The molecule has 0 aliphatic heterocycles. The zero-order valence-electron chi connectivity index (χ0n) is 18.9. The van der Waals surface area contributed by atoms with Crippen LogP contribution in [0.4, 0.5) is 10.5 Å². The van der Waals surface area contributed by atoms with Gasteiger partial charge in [-0.25, -0.2) is 4.79 Å². The fourth-order valence-electron chi connectivity index (χ4n) is 4.22. The van der Waals surface area contributed by atoms with E-state index in [2.05, 4.69) is 22.8 Å². The van der Waals surface area contributed by atoms with E-state index in [9.17, 15) is 19.5 Å². The second-order valence-electron chi connectivity index (χ2n) is 8.51. The number of carboxylic acid groups (broad SMARTS) is 1. The van der Waals surface area contributed by atoms with Gasteiger partial charge in [0.15, 0.2) is 0 Å². The Morgan fingerprint density at radius 1 is 1.00 bits per heavy atom. The number of anilines is 1. The third-order valence-electron chi connectivity index (χ3n) is 6.06. The molecule has 1 aromatic heterocycles. The van der Waals surface area contributed by atoms with Crippen LogP contribution in [0.3, 0.4) is 0 Å². The minimum absolute atomic E-state index is 0.0586. The summed E-state index contributed by atoms with van der Waals surface area (Å²) in [4.78, 5) is 36.4. The number of aliphatic carboxylic acids is 1. The molecule has 1 heterocycles. The number of carbonyl (C=O) groups is 3. The molecule has 8 heteroatoms. The van der Waals surface area contributed by atoms with Crippen LogP contribution in [-0.2, 0) is 9.53 Å². The van der Waals surface area contributed by atoms with Gasteiger partial charge >= 0.3 is 12.1 Å². The largest absolute Gasteiger partial charge is 0.481 e. The second kappa shape index (κ2) is 9.82. The van der Waals surface area contributed by atoms with Crippen molar-refractivity contribution < 1.29 is 28.6 Å². The van der Waals surface area contributed by atoms with Gasteiger partial charge in [-0.1, -0.05) is 62.4 Å². The number of furan rings is 1. The predicted molar refractivity (Wildman–Crippen MR) is 126 cm³/mol. The second-order valence-corrected chi connectivity index (χ2v) is 8.51. The van der Waals surface area contributed by atoms with Crippen LogP contribution < -0.4 is 10.6 Å². The summed E-state index contributed by atoms with van der Waals surface area (Å²) in [5.74, 6) is -2.72. The maximum Gasteiger partial charge on any atom is 0.411 e. The average molecular weight is 463 g/mol. The van der Waals surface area contributed by atoms with Gasteiger partial charge in [0, 0.05) is 18.5 Å². The Hall–Kier alpha value is -4.07. The summed E-state index contributed by atoms with van der Waals surface area (Å²) in [5, 5.41) is 14.4. The van der Waals surface area contributed by atoms with Gasteiger partial charge in [0.25, 0.3) is 5.91 Å². The van der Waals surface area contributed by atoms with Crippen LogP contribution in [0.1, 0.15) is 41.4 Å². The molecule has 0 saturated carbocycles. The summed E-state index contributed by atoms with van der Waals surface area (Å²) in [7, 11) is 0. The number of carbonyl (C=O) groups excluding carboxylic acids is 2. The lowest BCUT2D eigenvalue weighted by Gasteiger charge is -2.16. The zero-order chi connectivity index (χ0) is 24.2. The number of amides is 2. The van der Waals surface area contributed by atoms with Gasteiger partial charge in [-0.3, -0.25) is 14.9 Å². The molecule has 2 amide bonds. The SMILES string of the molecule is CC(C)C(CNC(=O)c1occc1NC(=O)OCC1c2ccccc2-c2ccccc21)C(=O)O. The summed E-state index contributed by atoms with van der Waals surface area (Å²) in [6.45, 7) is 3.61. The van der Waals surface area contributed by atoms with Gasteiger partial charge in [0.1, 0.15) is 6.61 Å². The van der Waals surface area contributed by atoms with Gasteiger partial charge in [0.2, 0.25) is 5.76 Å². The third-order valence-corrected chi connectivity index (χ3v) is 6.06. The molecule has 0 spiro atoms. The summed E-state index contributed by atoms with van der Waals surface area (Å²) < 4.78 is 10.7. The first-order chi connectivity index (χ1) is 16.4. The molecule has 3 N–H and O–H groups in total. The number of ether oxygens (including phenoxy) is 1. The fourth-order valence-corrected chi connectivity index (χ4v) is 4.22. The summed E-state index contributed by atoms with van der Waals surface area (Å²) >= 11 is 0. The summed E-state index contributed by atoms with van der Waals surface area (Å²) in [6.07, 6.45) is 0.549. The maximum absolute atomic E-state index is 12.5. The maximum atomic E-state index is 12.5. The van der Waals surface area contributed by atoms with E-state index < -0.39 is 23.9 Å². The molecule has 1 aliphatic rings. The van der Waals surface area contributed by atoms with Gasteiger partial charge in [-0.05, 0) is 28.2 Å². The Labute approximate surface area is 196 Å². The van der Waals surface area contributed by atoms with Gasteiger partial charge in [-0.15, -0.1) is 0 Å². The molecule has 1 unspecified atom stereocenters. The van der Waals surface area contributed by atoms with Crippen molar-refractivity contribution in [1.82, 2.24) is 5.32 Å². The molecule has 0 fully saturated rings. The fraction of sp³-hybridized carbons (Fsp3) is 0.269. The predicted octanol–water partition coefficient (Wildman–Crippen LogP) is 4.73. The van der Waals surface area contributed by atoms with Crippen molar-refractivity contribution in [2.24, 2.45) is 11.8 Å². The lowest BCUT2D eigenvalue weighted by Crippen LogP contribution is -2.35. The first kappa shape index (κ1) is 23.1. The normalized spacial score (nSPS) is 13.1. The standard InChI is InChI=1S/C26H26N2O6/c1-15(2)20(25(30)31)13-27-24(29)23-22(11-12-33-23)28-26(32)34-14-21-18-9-5-3-7-16(18)17-8-4-6-10-19(17)21/h3-12,15,20-21H,13-14H2,1-2H3,(H,27,29)(H,28,32)(H,30,31). The van der Waals surface area contributed by atoms with Crippen molar-refractivity contribution in [2.75, 3.05) is 18.5 Å². The molecule has 2 aromatic carbocycles. The van der Waals surface area contributed by atoms with Crippen LogP contribution in [0.5, 0.6) is 0 Å². The molecule has 0 bridgehead atoms. The molecule has 176 valence electrons. The highest BCUT2D eigenvalue weighted by Crippen LogP contribution is 2.44. The van der Waals surface area contributed by atoms with Crippen LogP contribution in [0.25, 0.3) is 11.1 Å². The minimum atomic E-state index is -0.994. The number of fused-ring (bicyclic) bond motifs is 3. The van der Waals surface area contributed by atoms with E-state index in [4.69, 9.17) is 9.15 Å². The molecule has 0 saturated heterocycles. The smallest absolute Gasteiger partial charge is 0.411 e. The Bertz CT molecular complexity index is 1170. The van der Waals surface area contributed by atoms with E-state index in [1.165, 1.54) is 12.3 Å². The molecule has 8 nitrogen and oxygen atoms in total. The van der Waals surface area contributed by atoms with Gasteiger partial charge in [-0.2, -0.15) is 0 Å². The van der Waals surface area contributed by atoms with Crippen LogP contribution in [0, 0.1) is 11.8 Å². The van der Waals surface area contributed by atoms with E-state index in [0.29, 0.717) is 0 Å². The highest BCUT2D eigenvalue weighted by molar-refractivity contribution is 6.00. The van der Waals surface area contributed by atoms with Crippen molar-refractivity contribution in [3.8, 4) is 11.1 Å². The van der Waals surface area contributed by atoms with Crippen LogP contribution in [0.15, 0.2) is 65.3 Å². The number of hydrogen-bond donors (Lipinski definition) is 3. The molecule has 1 aliphatic carbocycles. The summed E-state index contributed by atoms with van der Waals surface area (Å²) in [5.41, 5.74) is 4.59. The number of hydrogen-bond acceptors (Lipinski definition) is 5. The van der Waals surface area contributed by atoms with Gasteiger partial charge < -0.3 is 19.6 Å². The summed E-state index contributed by atoms with van der Waals surface area (Å²) in [6, 6.07) is 17.5. The first-order valence-electron chi connectivity index (χ1n) is 11.1. The molecule has 34 heavy (non-hydrogen) atoms. The van der Waals surface area contributed by atoms with Crippen molar-refractivity contribution in [2.45, 2.75) is 19.8 Å². The van der Waals surface area contributed by atoms with Gasteiger partial charge in [0.05, 0.1) is 17.9 Å². The van der Waals surface area contributed by atoms with Crippen molar-refractivity contribution >= 4 is 23.7 Å². The van der Waals surface area contributed by atoms with E-state index in [1.54, 1.807) is 13.8 Å². The number of carboxylic acids is 1. The Morgan fingerprint density at radius 3 is 2.21 bits per heavy atom. The van der Waals surface area contributed by atoms with E-state index >= 15 is 0 Å². The average Bonchev–Trinajstić information content (AvgIpc) is 3.40. The number of rotatable bonds is 8. The molecule has 1 atom stereocenters. The molecular formula is C26H26N2O6. The van der Waals surface area contributed by atoms with Crippen LogP contribution >= 0.6 is 0 Å². The van der Waals surface area contributed by atoms with E-state index in [0.717, 1.165) is 22.3 Å². The Morgan fingerprint density at radius 2 is 1.62 bits per heavy atom. The van der Waals surface area contributed by atoms with Crippen LogP contribution in [-0.4, -0.2) is 36.2 Å². The first-order valence-corrected chi connectivity index (χ1v) is 11.1. The monoisotopic (exact) mass is 462 g/mol. The lowest BCUT2D eigenvalue weighted by atomic mass is 9.96.